The van der Waals surface area contributed by atoms with E-state index in [1.165, 1.54) is 0 Å². The molecule has 4 heteroatoms. The van der Waals surface area contributed by atoms with Gasteiger partial charge >= 0.3 is 5.97 Å². The van der Waals surface area contributed by atoms with Crippen molar-refractivity contribution in [2.24, 2.45) is 5.73 Å². The molecule has 0 bridgehead atoms. The predicted molar refractivity (Wildman–Crippen MR) is 65.0 cm³/mol. The molecule has 1 unspecified atom stereocenters. The summed E-state index contributed by atoms with van der Waals surface area (Å²) in [5.74, 6) is -0.347. The average Bonchev–Trinajstić information content (AvgIpc) is 2.27. The molecule has 0 aliphatic carbocycles. The van der Waals surface area contributed by atoms with Crippen molar-refractivity contribution in [1.29, 1.82) is 0 Å². The lowest BCUT2D eigenvalue weighted by Gasteiger charge is -2.23. The number of carbonyl (C=O) groups excluding carboxylic acids is 1. The summed E-state index contributed by atoms with van der Waals surface area (Å²) in [6.45, 7) is 3.56. The molecule has 94 valence electrons. The summed E-state index contributed by atoms with van der Waals surface area (Å²) in [4.78, 5) is 11.3. The highest BCUT2D eigenvalue weighted by Crippen LogP contribution is 2.20. The maximum Gasteiger partial charge on any atom is 0.306 e. The van der Waals surface area contributed by atoms with E-state index in [0.717, 1.165) is 0 Å². The van der Waals surface area contributed by atoms with E-state index in [1.807, 2.05) is 6.07 Å². The molecule has 0 radical (unpaired) electrons. The Balaban J connectivity index is 2.53. The van der Waals surface area contributed by atoms with Crippen LogP contribution in [0.3, 0.4) is 0 Å². The van der Waals surface area contributed by atoms with E-state index in [4.69, 9.17) is 10.5 Å². The summed E-state index contributed by atoms with van der Waals surface area (Å²) in [5.41, 5.74) is 4.87. The van der Waals surface area contributed by atoms with Gasteiger partial charge in [-0.15, -0.1) is 0 Å². The summed E-state index contributed by atoms with van der Waals surface area (Å²) in [7, 11) is 0. The molecule has 3 N–H and O–H groups in total. The zero-order chi connectivity index (χ0) is 12.9. The summed E-state index contributed by atoms with van der Waals surface area (Å²) in [5, 5.41) is 10.0. The third-order valence-corrected chi connectivity index (χ3v) is 2.35. The van der Waals surface area contributed by atoms with Gasteiger partial charge in [-0.25, -0.2) is 0 Å². The molecule has 4 nitrogen and oxygen atoms in total. The van der Waals surface area contributed by atoms with Crippen LogP contribution in [0.5, 0.6) is 0 Å². The fourth-order valence-corrected chi connectivity index (χ4v) is 1.49. The second-order valence-corrected chi connectivity index (χ2v) is 4.33. The van der Waals surface area contributed by atoms with Crippen LogP contribution in [-0.4, -0.2) is 17.2 Å². The van der Waals surface area contributed by atoms with Crippen molar-refractivity contribution < 1.29 is 14.6 Å². The van der Waals surface area contributed by atoms with Crippen LogP contribution in [0, 0.1) is 0 Å². The van der Waals surface area contributed by atoms with Crippen LogP contribution in [0.1, 0.15) is 32.3 Å². The van der Waals surface area contributed by atoms with E-state index >= 15 is 0 Å². The van der Waals surface area contributed by atoms with E-state index in [9.17, 15) is 9.90 Å². The van der Waals surface area contributed by atoms with Gasteiger partial charge in [0.25, 0.3) is 0 Å². The molecule has 0 aliphatic rings. The number of nitrogens with two attached hydrogens (primary N) is 1. The van der Waals surface area contributed by atoms with Crippen LogP contribution in [0.2, 0.25) is 0 Å². The van der Waals surface area contributed by atoms with Crippen molar-refractivity contribution in [3.05, 3.63) is 35.9 Å². The first-order chi connectivity index (χ1) is 7.92. The first-order valence-electron chi connectivity index (χ1n) is 5.68. The standard InChI is InChI=1S/C13H19NO3/c1-10(2)17-12(15)8-9-13(14,16)11-6-4-3-5-7-11/h3-7,10,16H,8-9,14H2,1-2H3. The van der Waals surface area contributed by atoms with Gasteiger partial charge in [-0.05, 0) is 19.4 Å². The van der Waals surface area contributed by atoms with Crippen molar-refractivity contribution in [2.75, 3.05) is 0 Å². The topological polar surface area (TPSA) is 72.5 Å². The van der Waals surface area contributed by atoms with Gasteiger partial charge in [-0.3, -0.25) is 10.5 Å². The fourth-order valence-electron chi connectivity index (χ4n) is 1.49. The van der Waals surface area contributed by atoms with Crippen LogP contribution in [0.4, 0.5) is 0 Å². The summed E-state index contributed by atoms with van der Waals surface area (Å²) >= 11 is 0. The van der Waals surface area contributed by atoms with Crippen molar-refractivity contribution in [3.8, 4) is 0 Å². The van der Waals surface area contributed by atoms with E-state index in [2.05, 4.69) is 0 Å². The minimum absolute atomic E-state index is 0.0973. The Morgan fingerprint density at radius 2 is 2.00 bits per heavy atom. The van der Waals surface area contributed by atoms with Crippen molar-refractivity contribution in [1.82, 2.24) is 0 Å². The number of ether oxygens (including phenoxy) is 1. The summed E-state index contributed by atoms with van der Waals surface area (Å²) < 4.78 is 4.98. The van der Waals surface area contributed by atoms with Crippen molar-refractivity contribution >= 4 is 5.97 Å². The lowest BCUT2D eigenvalue weighted by atomic mass is 9.99. The Morgan fingerprint density at radius 3 is 2.53 bits per heavy atom. The third-order valence-electron chi connectivity index (χ3n) is 2.35. The molecular weight excluding hydrogens is 218 g/mol. The zero-order valence-electron chi connectivity index (χ0n) is 10.2. The minimum atomic E-state index is -1.49. The fraction of sp³-hybridized carbons (Fsp3) is 0.462. The second-order valence-electron chi connectivity index (χ2n) is 4.33. The molecule has 1 atom stereocenters. The van der Waals surface area contributed by atoms with Gasteiger partial charge < -0.3 is 9.84 Å². The van der Waals surface area contributed by atoms with Gasteiger partial charge in [0.05, 0.1) is 6.10 Å². The van der Waals surface area contributed by atoms with Crippen molar-refractivity contribution in [3.63, 3.8) is 0 Å². The van der Waals surface area contributed by atoms with Gasteiger partial charge in [-0.2, -0.15) is 0 Å². The maximum absolute atomic E-state index is 11.3. The quantitative estimate of drug-likeness (QED) is 0.601. The van der Waals surface area contributed by atoms with E-state index < -0.39 is 5.72 Å². The van der Waals surface area contributed by atoms with Gasteiger partial charge in [0.2, 0.25) is 0 Å². The number of carbonyl (C=O) groups is 1. The molecular formula is C13H19NO3. The highest BCUT2D eigenvalue weighted by atomic mass is 16.5. The Bertz CT molecular complexity index is 360. The number of aliphatic hydroxyl groups is 1. The number of hydrogen-bond acceptors (Lipinski definition) is 4. The lowest BCUT2D eigenvalue weighted by molar-refractivity contribution is -0.148. The molecule has 1 aromatic carbocycles. The molecule has 1 aromatic rings. The molecule has 0 spiro atoms. The molecule has 1 rings (SSSR count). The Morgan fingerprint density at radius 1 is 1.41 bits per heavy atom. The number of hydrogen-bond donors (Lipinski definition) is 2. The molecule has 0 aromatic heterocycles. The van der Waals surface area contributed by atoms with Crippen LogP contribution in [0.15, 0.2) is 30.3 Å². The Kier molecular flexibility index (Phi) is 4.66. The first kappa shape index (κ1) is 13.7. The van der Waals surface area contributed by atoms with Crippen LogP contribution >= 0.6 is 0 Å². The van der Waals surface area contributed by atoms with E-state index in [0.29, 0.717) is 5.56 Å². The maximum atomic E-state index is 11.3. The highest BCUT2D eigenvalue weighted by molar-refractivity contribution is 5.69. The monoisotopic (exact) mass is 237 g/mol. The number of rotatable bonds is 5. The smallest absolute Gasteiger partial charge is 0.306 e. The molecule has 17 heavy (non-hydrogen) atoms. The van der Waals surface area contributed by atoms with E-state index in [1.54, 1.807) is 38.1 Å². The summed E-state index contributed by atoms with van der Waals surface area (Å²) in [6, 6.07) is 8.88. The molecule has 0 fully saturated rings. The van der Waals surface area contributed by atoms with Gasteiger partial charge in [0.1, 0.15) is 5.72 Å². The van der Waals surface area contributed by atoms with Gasteiger partial charge in [0, 0.05) is 12.8 Å². The Labute approximate surface area is 101 Å². The largest absolute Gasteiger partial charge is 0.463 e. The molecule has 0 amide bonds. The normalized spacial score (nSPS) is 14.4. The SMILES string of the molecule is CC(C)OC(=O)CCC(N)(O)c1ccccc1. The third kappa shape index (κ3) is 4.54. The van der Waals surface area contributed by atoms with Crippen LogP contribution in [-0.2, 0) is 15.3 Å². The predicted octanol–water partition coefficient (Wildman–Crippen LogP) is 1.52. The van der Waals surface area contributed by atoms with Crippen molar-refractivity contribution in [2.45, 2.75) is 38.5 Å². The molecule has 0 aliphatic heterocycles. The molecule has 0 saturated heterocycles. The highest BCUT2D eigenvalue weighted by Gasteiger charge is 2.24. The van der Waals surface area contributed by atoms with E-state index in [-0.39, 0.29) is 24.9 Å². The van der Waals surface area contributed by atoms with Crippen LogP contribution < -0.4 is 5.73 Å². The molecule has 0 heterocycles. The lowest BCUT2D eigenvalue weighted by Crippen LogP contribution is -2.37. The number of benzene rings is 1. The summed E-state index contributed by atoms with van der Waals surface area (Å²) in [6.07, 6.45) is 0.0907. The molecule has 0 saturated carbocycles. The van der Waals surface area contributed by atoms with Gasteiger partial charge in [0.15, 0.2) is 0 Å². The second kappa shape index (κ2) is 5.80. The first-order valence-corrected chi connectivity index (χ1v) is 5.68. The Hall–Kier alpha value is -1.39. The number of esters is 1. The van der Waals surface area contributed by atoms with Gasteiger partial charge in [-0.1, -0.05) is 30.3 Å². The average molecular weight is 237 g/mol. The minimum Gasteiger partial charge on any atom is -0.463 e. The zero-order valence-corrected chi connectivity index (χ0v) is 10.2. The van der Waals surface area contributed by atoms with Crippen LogP contribution in [0.25, 0.3) is 0 Å².